The molecule has 1 N–H and O–H groups in total. The van der Waals surface area contributed by atoms with Crippen LogP contribution in [0.25, 0.3) is 10.8 Å². The summed E-state index contributed by atoms with van der Waals surface area (Å²) in [7, 11) is 0. The third kappa shape index (κ3) is 3.73. The minimum atomic E-state index is -0.887. The van der Waals surface area contributed by atoms with Crippen LogP contribution in [-0.2, 0) is 9.59 Å². The number of nitrogens with one attached hydrogen (secondary N) is 1. The SMILES string of the molecule is O=C(N[C@H]1C(=O)N(c2ccccc2)C[C@H]1C(=O)N1CCCC1)c1ccc2ccccc2c1. The fourth-order valence-corrected chi connectivity index (χ4v) is 4.68. The lowest BCUT2D eigenvalue weighted by molar-refractivity contribution is -0.135. The molecule has 2 atom stereocenters. The zero-order valence-corrected chi connectivity index (χ0v) is 17.7. The van der Waals surface area contributed by atoms with Gasteiger partial charge in [-0.3, -0.25) is 14.4 Å². The highest BCUT2D eigenvalue weighted by Gasteiger charge is 2.47. The number of para-hydroxylation sites is 1. The van der Waals surface area contributed by atoms with Gasteiger partial charge in [-0.1, -0.05) is 48.5 Å². The van der Waals surface area contributed by atoms with Gasteiger partial charge in [-0.25, -0.2) is 0 Å². The first-order valence-electron chi connectivity index (χ1n) is 11.1. The number of carbonyl (C=O) groups excluding carboxylic acids is 3. The van der Waals surface area contributed by atoms with E-state index in [1.807, 2.05) is 71.6 Å². The van der Waals surface area contributed by atoms with Crippen molar-refractivity contribution in [2.45, 2.75) is 18.9 Å². The third-order valence-electron chi connectivity index (χ3n) is 6.41. The molecule has 2 fully saturated rings. The van der Waals surface area contributed by atoms with E-state index in [1.165, 1.54) is 0 Å². The van der Waals surface area contributed by atoms with Crippen molar-refractivity contribution in [3.8, 4) is 0 Å². The van der Waals surface area contributed by atoms with Gasteiger partial charge in [0, 0.05) is 30.9 Å². The number of hydrogen-bond acceptors (Lipinski definition) is 3. The minimum absolute atomic E-state index is 0.0573. The van der Waals surface area contributed by atoms with E-state index in [9.17, 15) is 14.4 Å². The molecule has 3 amide bonds. The summed E-state index contributed by atoms with van der Waals surface area (Å²) in [5.74, 6) is -1.26. The summed E-state index contributed by atoms with van der Waals surface area (Å²) in [6.45, 7) is 1.68. The summed E-state index contributed by atoms with van der Waals surface area (Å²) in [5, 5.41) is 4.88. The fraction of sp³-hybridized carbons (Fsp3) is 0.269. The van der Waals surface area contributed by atoms with Gasteiger partial charge in [0.15, 0.2) is 0 Å². The van der Waals surface area contributed by atoms with Crippen LogP contribution in [0.4, 0.5) is 5.69 Å². The molecule has 2 aliphatic heterocycles. The molecule has 0 unspecified atom stereocenters. The summed E-state index contributed by atoms with van der Waals surface area (Å²) in [4.78, 5) is 43.2. The molecule has 3 aromatic carbocycles. The van der Waals surface area contributed by atoms with Crippen LogP contribution in [0.5, 0.6) is 0 Å². The van der Waals surface area contributed by atoms with Crippen LogP contribution in [0.3, 0.4) is 0 Å². The zero-order valence-electron chi connectivity index (χ0n) is 17.7. The second kappa shape index (κ2) is 8.46. The molecular weight excluding hydrogens is 402 g/mol. The van der Waals surface area contributed by atoms with Gasteiger partial charge >= 0.3 is 0 Å². The van der Waals surface area contributed by atoms with Crippen LogP contribution >= 0.6 is 0 Å². The van der Waals surface area contributed by atoms with E-state index in [4.69, 9.17) is 0 Å². The van der Waals surface area contributed by atoms with Gasteiger partial charge in [0.1, 0.15) is 6.04 Å². The van der Waals surface area contributed by atoms with Crippen LogP contribution in [0.15, 0.2) is 72.8 Å². The van der Waals surface area contributed by atoms with Crippen molar-refractivity contribution in [1.29, 1.82) is 0 Å². The largest absolute Gasteiger partial charge is 0.342 e. The van der Waals surface area contributed by atoms with Crippen molar-refractivity contribution in [2.75, 3.05) is 24.5 Å². The van der Waals surface area contributed by atoms with Crippen molar-refractivity contribution < 1.29 is 14.4 Å². The third-order valence-corrected chi connectivity index (χ3v) is 6.41. The average Bonchev–Trinajstić information content (AvgIpc) is 3.48. The van der Waals surface area contributed by atoms with Crippen molar-refractivity contribution in [1.82, 2.24) is 10.2 Å². The van der Waals surface area contributed by atoms with Gasteiger partial charge in [-0.05, 0) is 47.9 Å². The first kappa shape index (κ1) is 20.2. The number of nitrogens with zero attached hydrogens (tertiary/aromatic N) is 2. The van der Waals surface area contributed by atoms with Crippen LogP contribution < -0.4 is 10.2 Å². The predicted octanol–water partition coefficient (Wildman–Crippen LogP) is 3.22. The van der Waals surface area contributed by atoms with Gasteiger partial charge in [0.05, 0.1) is 5.92 Å². The Morgan fingerprint density at radius 2 is 1.53 bits per heavy atom. The molecule has 162 valence electrons. The van der Waals surface area contributed by atoms with Crippen LogP contribution in [0.1, 0.15) is 23.2 Å². The predicted molar refractivity (Wildman–Crippen MR) is 123 cm³/mol. The first-order chi connectivity index (χ1) is 15.6. The maximum atomic E-state index is 13.4. The molecule has 2 saturated heterocycles. The standard InChI is InChI=1S/C26H25N3O3/c30-24(20-13-12-18-8-4-5-9-19(18)16-20)27-23-22(25(31)28-14-6-7-15-28)17-29(26(23)32)21-10-2-1-3-11-21/h1-5,8-13,16,22-23H,6-7,14-15,17H2,(H,27,30)/t22-,23-/m1/s1. The Morgan fingerprint density at radius 1 is 0.844 bits per heavy atom. The first-order valence-corrected chi connectivity index (χ1v) is 11.1. The van der Waals surface area contributed by atoms with E-state index < -0.39 is 12.0 Å². The molecule has 2 aliphatic rings. The molecule has 0 spiro atoms. The average molecular weight is 428 g/mol. The summed E-state index contributed by atoms with van der Waals surface area (Å²) < 4.78 is 0. The summed E-state index contributed by atoms with van der Waals surface area (Å²) >= 11 is 0. The van der Waals surface area contributed by atoms with Crippen molar-refractivity contribution in [3.63, 3.8) is 0 Å². The lowest BCUT2D eigenvalue weighted by Gasteiger charge is -2.23. The van der Waals surface area contributed by atoms with Gasteiger partial charge < -0.3 is 15.1 Å². The van der Waals surface area contributed by atoms with Gasteiger partial charge in [0.2, 0.25) is 11.8 Å². The van der Waals surface area contributed by atoms with Crippen LogP contribution in [0, 0.1) is 5.92 Å². The number of likely N-dealkylation sites (tertiary alicyclic amines) is 1. The van der Waals surface area contributed by atoms with Crippen molar-refractivity contribution in [2.24, 2.45) is 5.92 Å². The molecule has 0 aliphatic carbocycles. The highest BCUT2D eigenvalue weighted by Crippen LogP contribution is 2.28. The van der Waals surface area contributed by atoms with Crippen LogP contribution in [-0.4, -0.2) is 48.3 Å². The Balaban J connectivity index is 1.43. The van der Waals surface area contributed by atoms with Gasteiger partial charge in [-0.2, -0.15) is 0 Å². The van der Waals surface area contributed by atoms with Crippen LogP contribution in [0.2, 0.25) is 0 Å². The second-order valence-corrected chi connectivity index (χ2v) is 8.44. The fourth-order valence-electron chi connectivity index (χ4n) is 4.68. The summed E-state index contributed by atoms with van der Waals surface area (Å²) in [6, 6.07) is 21.7. The highest BCUT2D eigenvalue weighted by molar-refractivity contribution is 6.08. The molecule has 32 heavy (non-hydrogen) atoms. The smallest absolute Gasteiger partial charge is 0.251 e. The Hall–Kier alpha value is -3.67. The van der Waals surface area contributed by atoms with E-state index in [2.05, 4.69) is 5.32 Å². The number of fused-ring (bicyclic) bond motifs is 1. The second-order valence-electron chi connectivity index (χ2n) is 8.44. The normalized spacial score (nSPS) is 20.7. The summed E-state index contributed by atoms with van der Waals surface area (Å²) in [5.41, 5.74) is 1.21. The molecule has 0 bridgehead atoms. The van der Waals surface area contributed by atoms with E-state index in [1.54, 1.807) is 11.0 Å². The number of hydrogen-bond donors (Lipinski definition) is 1. The van der Waals surface area contributed by atoms with E-state index in [-0.39, 0.29) is 24.3 Å². The molecule has 6 heteroatoms. The number of anilines is 1. The van der Waals surface area contributed by atoms with Gasteiger partial charge in [0.25, 0.3) is 5.91 Å². The van der Waals surface area contributed by atoms with E-state index in [0.29, 0.717) is 18.7 Å². The van der Waals surface area contributed by atoms with Crippen molar-refractivity contribution in [3.05, 3.63) is 78.4 Å². The number of carbonyl (C=O) groups is 3. The maximum Gasteiger partial charge on any atom is 0.251 e. The Morgan fingerprint density at radius 3 is 2.28 bits per heavy atom. The molecule has 2 heterocycles. The summed E-state index contributed by atoms with van der Waals surface area (Å²) in [6.07, 6.45) is 1.95. The lowest BCUT2D eigenvalue weighted by atomic mass is 10.0. The minimum Gasteiger partial charge on any atom is -0.342 e. The molecule has 0 radical (unpaired) electrons. The molecule has 5 rings (SSSR count). The maximum absolute atomic E-state index is 13.4. The molecular formula is C26H25N3O3. The van der Waals surface area contributed by atoms with E-state index in [0.717, 1.165) is 29.3 Å². The Kier molecular flexibility index (Phi) is 5.35. The number of amides is 3. The van der Waals surface area contributed by atoms with Gasteiger partial charge in [-0.15, -0.1) is 0 Å². The molecule has 0 saturated carbocycles. The monoisotopic (exact) mass is 427 g/mol. The molecule has 0 aromatic heterocycles. The Labute approximate surface area is 186 Å². The number of benzene rings is 3. The van der Waals surface area contributed by atoms with E-state index >= 15 is 0 Å². The number of rotatable bonds is 4. The zero-order chi connectivity index (χ0) is 22.1. The lowest BCUT2D eigenvalue weighted by Crippen LogP contribution is -2.48. The molecule has 6 nitrogen and oxygen atoms in total. The highest BCUT2D eigenvalue weighted by atomic mass is 16.2. The van der Waals surface area contributed by atoms with Crippen molar-refractivity contribution >= 4 is 34.2 Å². The molecule has 3 aromatic rings. The Bertz CT molecular complexity index is 1170. The quantitative estimate of drug-likeness (QED) is 0.695. The topological polar surface area (TPSA) is 69.7 Å².